The van der Waals surface area contributed by atoms with Crippen LogP contribution < -0.4 is 10.0 Å². The smallest absolute Gasteiger partial charge is 0.255 e. The number of carbonyl (C=O) groups excluding carboxylic acids is 1. The van der Waals surface area contributed by atoms with Crippen molar-refractivity contribution < 1.29 is 13.2 Å². The number of rotatable bonds is 4. The van der Waals surface area contributed by atoms with Gasteiger partial charge in [0.05, 0.1) is 4.90 Å². The molecule has 0 spiro atoms. The minimum Gasteiger partial charge on any atom is -0.322 e. The number of aryl methyl sites for hydroxylation is 2. The van der Waals surface area contributed by atoms with E-state index in [2.05, 4.69) is 10.0 Å². The van der Waals surface area contributed by atoms with Gasteiger partial charge in [0, 0.05) is 16.8 Å². The first-order chi connectivity index (χ1) is 12.1. The summed E-state index contributed by atoms with van der Waals surface area (Å²) < 4.78 is 27.5. The van der Waals surface area contributed by atoms with Crippen molar-refractivity contribution in [1.82, 2.24) is 4.72 Å². The first-order valence-corrected chi connectivity index (χ1v) is 10.2. The standard InChI is InChI=1S/C20H24N2O3S/c1-20(2,3)22-26(24,25)18-9-5-8-16(13-18)19(23)21-17-11-10-14-6-4-7-15(14)12-17/h5,8-13,22H,4,6-7H2,1-3H3,(H,21,23). The zero-order valence-corrected chi connectivity index (χ0v) is 16.1. The summed E-state index contributed by atoms with van der Waals surface area (Å²) in [5, 5.41) is 2.86. The van der Waals surface area contributed by atoms with E-state index < -0.39 is 15.6 Å². The first kappa shape index (κ1) is 18.6. The Bertz CT molecular complexity index is 944. The highest BCUT2D eigenvalue weighted by Crippen LogP contribution is 2.25. The molecule has 0 saturated heterocycles. The molecule has 2 aromatic carbocycles. The summed E-state index contributed by atoms with van der Waals surface area (Å²) in [7, 11) is -3.68. The van der Waals surface area contributed by atoms with Crippen molar-refractivity contribution in [3.8, 4) is 0 Å². The highest BCUT2D eigenvalue weighted by Gasteiger charge is 2.23. The van der Waals surface area contributed by atoms with Crippen molar-refractivity contribution in [3.63, 3.8) is 0 Å². The van der Waals surface area contributed by atoms with E-state index in [0.29, 0.717) is 5.56 Å². The lowest BCUT2D eigenvalue weighted by molar-refractivity contribution is 0.102. The third kappa shape index (κ3) is 4.31. The van der Waals surface area contributed by atoms with Crippen LogP contribution in [0.25, 0.3) is 0 Å². The largest absolute Gasteiger partial charge is 0.322 e. The fourth-order valence-corrected chi connectivity index (χ4v) is 4.58. The number of sulfonamides is 1. The molecule has 5 nitrogen and oxygen atoms in total. The summed E-state index contributed by atoms with van der Waals surface area (Å²) in [5.74, 6) is -0.323. The van der Waals surface area contributed by atoms with Gasteiger partial charge in [-0.05, 0) is 81.5 Å². The number of anilines is 1. The van der Waals surface area contributed by atoms with Crippen LogP contribution in [-0.4, -0.2) is 19.9 Å². The van der Waals surface area contributed by atoms with Crippen molar-refractivity contribution >= 4 is 21.6 Å². The summed E-state index contributed by atoms with van der Waals surface area (Å²) in [6.45, 7) is 5.32. The zero-order chi connectivity index (χ0) is 18.9. The molecule has 0 fully saturated rings. The lowest BCUT2D eigenvalue weighted by Crippen LogP contribution is -2.40. The molecule has 0 unspecified atom stereocenters. The van der Waals surface area contributed by atoms with Crippen molar-refractivity contribution in [1.29, 1.82) is 0 Å². The quantitative estimate of drug-likeness (QED) is 0.862. The lowest BCUT2D eigenvalue weighted by Gasteiger charge is -2.20. The Kier molecular flexibility index (Phi) is 4.90. The molecule has 0 aromatic heterocycles. The molecule has 1 aliphatic rings. The van der Waals surface area contributed by atoms with E-state index >= 15 is 0 Å². The van der Waals surface area contributed by atoms with E-state index in [1.54, 1.807) is 32.9 Å². The van der Waals surface area contributed by atoms with Crippen LogP contribution in [0.3, 0.4) is 0 Å². The van der Waals surface area contributed by atoms with E-state index in [4.69, 9.17) is 0 Å². The Morgan fingerprint density at radius 3 is 2.46 bits per heavy atom. The molecular formula is C20H24N2O3S. The maximum atomic E-state index is 12.6. The molecule has 6 heteroatoms. The molecular weight excluding hydrogens is 348 g/mol. The minimum absolute atomic E-state index is 0.0778. The van der Waals surface area contributed by atoms with Gasteiger partial charge in [0.25, 0.3) is 5.91 Å². The molecule has 0 radical (unpaired) electrons. The van der Waals surface area contributed by atoms with Crippen molar-refractivity contribution in [2.24, 2.45) is 0 Å². The Hall–Kier alpha value is -2.18. The Morgan fingerprint density at radius 1 is 1.00 bits per heavy atom. The highest BCUT2D eigenvalue weighted by atomic mass is 32.2. The number of nitrogens with one attached hydrogen (secondary N) is 2. The van der Waals surface area contributed by atoms with Crippen LogP contribution in [0.5, 0.6) is 0 Å². The minimum atomic E-state index is -3.68. The van der Waals surface area contributed by atoms with Gasteiger partial charge in [-0.1, -0.05) is 12.1 Å². The number of carbonyl (C=O) groups is 1. The van der Waals surface area contributed by atoms with E-state index in [0.717, 1.165) is 24.9 Å². The number of fused-ring (bicyclic) bond motifs is 1. The summed E-state index contributed by atoms with van der Waals surface area (Å²) in [5.41, 5.74) is 3.05. The van der Waals surface area contributed by atoms with Gasteiger partial charge >= 0.3 is 0 Å². The molecule has 0 heterocycles. The molecule has 1 amide bonds. The Morgan fingerprint density at radius 2 is 1.73 bits per heavy atom. The lowest BCUT2D eigenvalue weighted by atomic mass is 10.1. The van der Waals surface area contributed by atoms with E-state index in [-0.39, 0.29) is 10.8 Å². The molecule has 2 aromatic rings. The average molecular weight is 372 g/mol. The number of benzene rings is 2. The predicted molar refractivity (Wildman–Crippen MR) is 103 cm³/mol. The van der Waals surface area contributed by atoms with Crippen LogP contribution in [0.15, 0.2) is 47.4 Å². The third-order valence-corrected chi connectivity index (χ3v) is 5.96. The van der Waals surface area contributed by atoms with Gasteiger partial charge in [0.1, 0.15) is 0 Å². The Balaban J connectivity index is 1.80. The number of hydrogen-bond acceptors (Lipinski definition) is 3. The molecule has 0 saturated carbocycles. The molecule has 1 aliphatic carbocycles. The van der Waals surface area contributed by atoms with Gasteiger partial charge in [-0.25, -0.2) is 13.1 Å². The van der Waals surface area contributed by atoms with Crippen LogP contribution >= 0.6 is 0 Å². The van der Waals surface area contributed by atoms with Gasteiger partial charge < -0.3 is 5.32 Å². The molecule has 138 valence electrons. The van der Waals surface area contributed by atoms with Crippen LogP contribution in [0.4, 0.5) is 5.69 Å². The van der Waals surface area contributed by atoms with Crippen LogP contribution in [0.2, 0.25) is 0 Å². The maximum Gasteiger partial charge on any atom is 0.255 e. The second-order valence-corrected chi connectivity index (χ2v) is 9.36. The molecule has 0 aliphatic heterocycles. The van der Waals surface area contributed by atoms with Crippen LogP contribution in [-0.2, 0) is 22.9 Å². The summed E-state index contributed by atoms with van der Waals surface area (Å²) in [6.07, 6.45) is 3.27. The van der Waals surface area contributed by atoms with Gasteiger partial charge in [-0.15, -0.1) is 0 Å². The highest BCUT2D eigenvalue weighted by molar-refractivity contribution is 7.89. The summed E-state index contributed by atoms with van der Waals surface area (Å²) in [4.78, 5) is 12.6. The van der Waals surface area contributed by atoms with E-state index in [1.807, 2.05) is 18.2 Å². The fourth-order valence-electron chi connectivity index (χ4n) is 3.12. The molecule has 26 heavy (non-hydrogen) atoms. The van der Waals surface area contributed by atoms with Gasteiger partial charge in [-0.3, -0.25) is 4.79 Å². The second-order valence-electron chi connectivity index (χ2n) is 7.67. The SMILES string of the molecule is CC(C)(C)NS(=O)(=O)c1cccc(C(=O)Nc2ccc3c(c2)CCC3)c1. The molecule has 0 atom stereocenters. The molecule has 0 bridgehead atoms. The molecule has 3 rings (SSSR count). The van der Waals surface area contributed by atoms with Crippen molar-refractivity contribution in [3.05, 3.63) is 59.2 Å². The zero-order valence-electron chi connectivity index (χ0n) is 15.3. The van der Waals surface area contributed by atoms with E-state index in [1.165, 1.54) is 23.3 Å². The Labute approximate surface area is 154 Å². The van der Waals surface area contributed by atoms with Gasteiger partial charge in [0.15, 0.2) is 0 Å². The number of amides is 1. The van der Waals surface area contributed by atoms with Crippen LogP contribution in [0.1, 0.15) is 48.7 Å². The van der Waals surface area contributed by atoms with Gasteiger partial charge in [-0.2, -0.15) is 0 Å². The molecule has 2 N–H and O–H groups in total. The fraction of sp³-hybridized carbons (Fsp3) is 0.350. The topological polar surface area (TPSA) is 75.3 Å². The average Bonchev–Trinajstić information content (AvgIpc) is 3.00. The monoisotopic (exact) mass is 372 g/mol. The van der Waals surface area contributed by atoms with Crippen molar-refractivity contribution in [2.45, 2.75) is 50.5 Å². The normalized spacial score (nSPS) is 14.1. The predicted octanol–water partition coefficient (Wildman–Crippen LogP) is 3.50. The third-order valence-electron chi connectivity index (χ3n) is 4.20. The summed E-state index contributed by atoms with van der Waals surface area (Å²) in [6, 6.07) is 12.0. The maximum absolute atomic E-state index is 12.6. The van der Waals surface area contributed by atoms with E-state index in [9.17, 15) is 13.2 Å². The second kappa shape index (κ2) is 6.85. The first-order valence-electron chi connectivity index (χ1n) is 8.71. The van der Waals surface area contributed by atoms with Crippen LogP contribution in [0, 0.1) is 0 Å². The number of hydrogen-bond donors (Lipinski definition) is 2. The van der Waals surface area contributed by atoms with Gasteiger partial charge in [0.2, 0.25) is 10.0 Å². The van der Waals surface area contributed by atoms with Crippen molar-refractivity contribution in [2.75, 3.05) is 5.32 Å². The summed E-state index contributed by atoms with van der Waals surface area (Å²) >= 11 is 0.